The molecule has 0 aliphatic heterocycles. The molecule has 0 unspecified atom stereocenters. The molecule has 0 aliphatic carbocycles. The van der Waals surface area contributed by atoms with Crippen LogP contribution in [0, 0.1) is 0 Å². The highest BCUT2D eigenvalue weighted by Crippen LogP contribution is 2.17. The second-order valence-corrected chi connectivity index (χ2v) is 8.79. The van der Waals surface area contributed by atoms with E-state index in [1.54, 1.807) is 20.8 Å². The van der Waals surface area contributed by atoms with E-state index >= 15 is 0 Å². The number of carbonyl (C=O) groups excluding carboxylic acids is 2. The van der Waals surface area contributed by atoms with Crippen LogP contribution in [-0.4, -0.2) is 64.7 Å². The Kier molecular flexibility index (Phi) is 8.41. The highest BCUT2D eigenvalue weighted by Gasteiger charge is 2.36. The second kappa shape index (κ2) is 10.8. The predicted molar refractivity (Wildman–Crippen MR) is 122 cm³/mol. The number of carboxylic acids is 1. The predicted octanol–water partition coefficient (Wildman–Crippen LogP) is 3.62. The minimum absolute atomic E-state index is 0.159. The SMILES string of the molecule is CN(C(=O)OC(C)(C)C)[C@@H](Cc1ccccc1)C(=O)N(C)[C@@H](Cc1ccccc1)C(=O)O. The summed E-state index contributed by atoms with van der Waals surface area (Å²) < 4.78 is 5.45. The smallest absolute Gasteiger partial charge is 0.410 e. The van der Waals surface area contributed by atoms with Crippen molar-refractivity contribution >= 4 is 18.0 Å². The van der Waals surface area contributed by atoms with Crippen LogP contribution >= 0.6 is 0 Å². The van der Waals surface area contributed by atoms with Crippen LogP contribution in [0.1, 0.15) is 31.9 Å². The van der Waals surface area contributed by atoms with Crippen LogP contribution < -0.4 is 0 Å². The Morgan fingerprint density at radius 3 is 1.66 bits per heavy atom. The Bertz CT molecular complexity index is 909. The summed E-state index contributed by atoms with van der Waals surface area (Å²) in [6.07, 6.45) is -0.251. The lowest BCUT2D eigenvalue weighted by molar-refractivity contribution is -0.150. The average Bonchev–Trinajstić information content (AvgIpc) is 2.74. The first-order chi connectivity index (χ1) is 15.0. The van der Waals surface area contributed by atoms with Crippen molar-refractivity contribution in [3.8, 4) is 0 Å². The van der Waals surface area contributed by atoms with Gasteiger partial charge in [0.1, 0.15) is 17.7 Å². The monoisotopic (exact) mass is 440 g/mol. The topological polar surface area (TPSA) is 87.2 Å². The van der Waals surface area contributed by atoms with Crippen LogP contribution in [0.25, 0.3) is 0 Å². The van der Waals surface area contributed by atoms with Gasteiger partial charge in [-0.2, -0.15) is 0 Å². The standard InChI is InChI=1S/C25H32N2O5/c1-25(2,3)32-24(31)27(5)20(16-18-12-8-6-9-13-18)22(28)26(4)21(23(29)30)17-19-14-10-7-11-15-19/h6-15,20-21H,16-17H2,1-5H3,(H,29,30)/t20-,21-/m0/s1. The lowest BCUT2D eigenvalue weighted by Crippen LogP contribution is -2.54. The third-order valence-electron chi connectivity index (χ3n) is 5.08. The van der Waals surface area contributed by atoms with E-state index in [1.807, 2.05) is 60.7 Å². The maximum Gasteiger partial charge on any atom is 0.410 e. The summed E-state index contributed by atoms with van der Waals surface area (Å²) >= 11 is 0. The zero-order chi connectivity index (χ0) is 23.9. The molecule has 2 aromatic carbocycles. The molecule has 2 rings (SSSR count). The molecule has 2 atom stereocenters. The fourth-order valence-corrected chi connectivity index (χ4v) is 3.30. The summed E-state index contributed by atoms with van der Waals surface area (Å²) in [6, 6.07) is 16.4. The van der Waals surface area contributed by atoms with Gasteiger partial charge in [-0.3, -0.25) is 9.69 Å². The number of carbonyl (C=O) groups is 3. The quantitative estimate of drug-likeness (QED) is 0.678. The van der Waals surface area contributed by atoms with E-state index < -0.39 is 35.7 Å². The van der Waals surface area contributed by atoms with E-state index in [-0.39, 0.29) is 12.8 Å². The highest BCUT2D eigenvalue weighted by atomic mass is 16.6. The Hall–Kier alpha value is -3.35. The first-order valence-electron chi connectivity index (χ1n) is 10.5. The van der Waals surface area contributed by atoms with Crippen molar-refractivity contribution in [2.24, 2.45) is 0 Å². The molecule has 0 saturated carbocycles. The summed E-state index contributed by atoms with van der Waals surface area (Å²) in [5.74, 6) is -1.58. The number of nitrogens with zero attached hydrogens (tertiary/aromatic N) is 2. The molecule has 32 heavy (non-hydrogen) atoms. The lowest BCUT2D eigenvalue weighted by atomic mass is 10.0. The molecule has 172 valence electrons. The summed E-state index contributed by atoms with van der Waals surface area (Å²) in [7, 11) is 2.96. The van der Waals surface area contributed by atoms with Gasteiger partial charge in [0.05, 0.1) is 0 Å². The molecule has 0 fully saturated rings. The van der Waals surface area contributed by atoms with Gasteiger partial charge in [-0.15, -0.1) is 0 Å². The fraction of sp³-hybridized carbons (Fsp3) is 0.400. The van der Waals surface area contributed by atoms with Gasteiger partial charge in [-0.25, -0.2) is 9.59 Å². The Morgan fingerprint density at radius 1 is 0.812 bits per heavy atom. The first-order valence-corrected chi connectivity index (χ1v) is 10.5. The molecule has 7 nitrogen and oxygen atoms in total. The summed E-state index contributed by atoms with van der Waals surface area (Å²) in [4.78, 5) is 40.7. The molecule has 7 heteroatoms. The number of benzene rings is 2. The minimum atomic E-state index is -1.11. The van der Waals surface area contributed by atoms with Crippen molar-refractivity contribution in [2.75, 3.05) is 14.1 Å². The highest BCUT2D eigenvalue weighted by molar-refractivity contribution is 5.89. The first kappa shape index (κ1) is 24.9. The number of amides is 2. The molecule has 0 heterocycles. The fourth-order valence-electron chi connectivity index (χ4n) is 3.30. The van der Waals surface area contributed by atoms with Crippen molar-refractivity contribution in [3.05, 3.63) is 71.8 Å². The maximum atomic E-state index is 13.5. The van der Waals surface area contributed by atoms with Crippen LogP contribution in [-0.2, 0) is 27.2 Å². The number of ether oxygens (including phenoxy) is 1. The maximum absolute atomic E-state index is 13.5. The van der Waals surface area contributed by atoms with Crippen LogP contribution in [0.3, 0.4) is 0 Å². The molecule has 0 bridgehead atoms. The van der Waals surface area contributed by atoms with Crippen molar-refractivity contribution < 1.29 is 24.2 Å². The van der Waals surface area contributed by atoms with E-state index in [0.29, 0.717) is 0 Å². The molecule has 1 N–H and O–H groups in total. The number of carboxylic acid groups (broad SMARTS) is 1. The van der Waals surface area contributed by atoms with Crippen molar-refractivity contribution in [1.29, 1.82) is 0 Å². The van der Waals surface area contributed by atoms with Gasteiger partial charge in [0.15, 0.2) is 0 Å². The number of hydrogen-bond donors (Lipinski definition) is 1. The van der Waals surface area contributed by atoms with Gasteiger partial charge in [-0.05, 0) is 31.9 Å². The van der Waals surface area contributed by atoms with E-state index in [9.17, 15) is 19.5 Å². The number of likely N-dealkylation sites (N-methyl/N-ethyl adjacent to an activating group) is 2. The normalized spacial score (nSPS) is 13.0. The molecular weight excluding hydrogens is 408 g/mol. The molecule has 0 saturated heterocycles. The molecule has 0 aromatic heterocycles. The van der Waals surface area contributed by atoms with Crippen molar-refractivity contribution in [2.45, 2.75) is 51.3 Å². The van der Waals surface area contributed by atoms with E-state index in [4.69, 9.17) is 4.74 Å². The third-order valence-corrected chi connectivity index (χ3v) is 5.08. The van der Waals surface area contributed by atoms with Gasteiger partial charge < -0.3 is 14.7 Å². The van der Waals surface area contributed by atoms with Gasteiger partial charge >= 0.3 is 12.1 Å². The van der Waals surface area contributed by atoms with E-state index in [1.165, 1.54) is 23.9 Å². The number of rotatable bonds is 8. The van der Waals surface area contributed by atoms with Crippen LogP contribution in [0.4, 0.5) is 4.79 Å². The zero-order valence-corrected chi connectivity index (χ0v) is 19.3. The summed E-state index contributed by atoms with van der Waals surface area (Å²) in [5, 5.41) is 9.83. The van der Waals surface area contributed by atoms with Crippen LogP contribution in [0.5, 0.6) is 0 Å². The van der Waals surface area contributed by atoms with Gasteiger partial charge in [0.25, 0.3) is 0 Å². The number of aliphatic carboxylic acids is 1. The Balaban J connectivity index is 2.31. The molecule has 0 radical (unpaired) electrons. The molecule has 0 aliphatic rings. The van der Waals surface area contributed by atoms with E-state index in [0.717, 1.165) is 11.1 Å². The molecule has 2 amide bonds. The molecule has 0 spiro atoms. The van der Waals surface area contributed by atoms with Gasteiger partial charge in [0, 0.05) is 26.9 Å². The molecule has 2 aromatic rings. The lowest BCUT2D eigenvalue weighted by Gasteiger charge is -2.34. The largest absolute Gasteiger partial charge is 0.480 e. The second-order valence-electron chi connectivity index (χ2n) is 8.79. The Morgan fingerprint density at radius 2 is 1.25 bits per heavy atom. The van der Waals surface area contributed by atoms with Crippen LogP contribution in [0.2, 0.25) is 0 Å². The minimum Gasteiger partial charge on any atom is -0.480 e. The van der Waals surface area contributed by atoms with Crippen molar-refractivity contribution in [1.82, 2.24) is 9.80 Å². The Labute approximate surface area is 189 Å². The molecular formula is C25H32N2O5. The van der Waals surface area contributed by atoms with E-state index in [2.05, 4.69) is 0 Å². The van der Waals surface area contributed by atoms with Gasteiger partial charge in [-0.1, -0.05) is 60.7 Å². The van der Waals surface area contributed by atoms with Gasteiger partial charge in [0.2, 0.25) is 5.91 Å². The van der Waals surface area contributed by atoms with Crippen LogP contribution in [0.15, 0.2) is 60.7 Å². The zero-order valence-electron chi connectivity index (χ0n) is 19.3. The summed E-state index contributed by atoms with van der Waals surface area (Å²) in [6.45, 7) is 5.25. The third kappa shape index (κ3) is 7.11. The average molecular weight is 441 g/mol. The number of hydrogen-bond acceptors (Lipinski definition) is 4. The summed E-state index contributed by atoms with van der Waals surface area (Å²) in [5.41, 5.74) is 0.929. The van der Waals surface area contributed by atoms with Crippen molar-refractivity contribution in [3.63, 3.8) is 0 Å².